The van der Waals surface area contributed by atoms with Crippen LogP contribution in [0.3, 0.4) is 0 Å². The highest BCUT2D eigenvalue weighted by Crippen LogP contribution is 2.37. The summed E-state index contributed by atoms with van der Waals surface area (Å²) in [5.74, 6) is -1.97. The molecule has 0 saturated heterocycles. The summed E-state index contributed by atoms with van der Waals surface area (Å²) < 4.78 is 41.3. The van der Waals surface area contributed by atoms with Crippen molar-refractivity contribution in [3.8, 4) is 6.07 Å². The van der Waals surface area contributed by atoms with Crippen LogP contribution in [0, 0.1) is 11.3 Å². The number of rotatable bonds is 3. The predicted molar refractivity (Wildman–Crippen MR) is 83.8 cm³/mol. The van der Waals surface area contributed by atoms with E-state index in [0.29, 0.717) is 16.3 Å². The van der Waals surface area contributed by atoms with Crippen LogP contribution in [0.25, 0.3) is 16.8 Å². The third-order valence-corrected chi connectivity index (χ3v) is 3.86. The number of nitrogens with zero attached hydrogens (tertiary/aromatic N) is 2. The molecule has 0 fully saturated rings. The summed E-state index contributed by atoms with van der Waals surface area (Å²) in [5, 5.41) is 9.59. The molecule has 25 heavy (non-hydrogen) atoms. The number of hydrogen-bond acceptors (Lipinski definition) is 5. The Morgan fingerprint density at radius 1 is 1.12 bits per heavy atom. The van der Waals surface area contributed by atoms with Gasteiger partial charge in [0.05, 0.1) is 17.2 Å². The zero-order valence-corrected chi connectivity index (χ0v) is 13.0. The Morgan fingerprint density at radius 3 is 2.44 bits per heavy atom. The second-order valence-corrected chi connectivity index (χ2v) is 5.68. The second kappa shape index (κ2) is 6.23. The summed E-state index contributed by atoms with van der Waals surface area (Å²) in [6.45, 7) is 0. The van der Waals surface area contributed by atoms with Crippen molar-refractivity contribution < 1.29 is 27.0 Å². The number of halogens is 3. The molecule has 2 amide bonds. The minimum Gasteiger partial charge on any atom is -0.266 e. The number of carbonyl (C=O) groups excluding carboxylic acids is 2. The molecule has 0 aromatic heterocycles. The van der Waals surface area contributed by atoms with Crippen LogP contribution in [-0.2, 0) is 4.28 Å². The Kier molecular flexibility index (Phi) is 4.24. The van der Waals surface area contributed by atoms with E-state index in [4.69, 9.17) is 5.26 Å². The average Bonchev–Trinajstić information content (AvgIpc) is 2.57. The summed E-state index contributed by atoms with van der Waals surface area (Å²) in [5.41, 5.74) is -4.08. The van der Waals surface area contributed by atoms with Crippen LogP contribution in [0.4, 0.5) is 13.2 Å². The quantitative estimate of drug-likeness (QED) is 0.466. The largest absolute Gasteiger partial charge is 0.470 e. The van der Waals surface area contributed by atoms with Crippen LogP contribution in [0.2, 0.25) is 0 Å². The molecule has 3 rings (SSSR count). The molecule has 9 heteroatoms. The molecule has 1 aliphatic rings. The van der Waals surface area contributed by atoms with Crippen LogP contribution >= 0.6 is 12.0 Å². The van der Waals surface area contributed by atoms with Crippen molar-refractivity contribution in [3.63, 3.8) is 0 Å². The van der Waals surface area contributed by atoms with E-state index in [-0.39, 0.29) is 16.2 Å². The number of imide groups is 1. The van der Waals surface area contributed by atoms with Crippen molar-refractivity contribution in [1.82, 2.24) is 5.06 Å². The molecule has 0 bridgehead atoms. The molecule has 126 valence electrons. The number of benzene rings is 2. The highest BCUT2D eigenvalue weighted by atomic mass is 32.2. The van der Waals surface area contributed by atoms with Crippen molar-refractivity contribution in [2.45, 2.75) is 5.51 Å². The summed E-state index contributed by atoms with van der Waals surface area (Å²) in [6, 6.07) is 9.35. The minimum absolute atomic E-state index is 0.0436. The molecule has 1 aliphatic heterocycles. The van der Waals surface area contributed by atoms with E-state index in [9.17, 15) is 22.8 Å². The maximum absolute atomic E-state index is 12.4. The number of nitriles is 1. The smallest absolute Gasteiger partial charge is 0.266 e. The first-order valence-electron chi connectivity index (χ1n) is 6.76. The van der Waals surface area contributed by atoms with Crippen LogP contribution in [0.15, 0.2) is 36.4 Å². The van der Waals surface area contributed by atoms with Crippen LogP contribution in [-0.4, -0.2) is 22.4 Å². The van der Waals surface area contributed by atoms with E-state index >= 15 is 0 Å². The Bertz CT molecular complexity index is 941. The lowest BCUT2D eigenvalue weighted by molar-refractivity contribution is -0.0570. The fourth-order valence-electron chi connectivity index (χ4n) is 2.52. The predicted octanol–water partition coefficient (Wildman–Crippen LogP) is 4.07. The van der Waals surface area contributed by atoms with Gasteiger partial charge in [0, 0.05) is 11.5 Å². The molecule has 0 N–H and O–H groups in total. The first kappa shape index (κ1) is 17.0. The van der Waals surface area contributed by atoms with Crippen molar-refractivity contribution >= 4 is 40.7 Å². The molecule has 0 aliphatic carbocycles. The number of hydrogen-bond donors (Lipinski definition) is 0. The lowest BCUT2D eigenvalue weighted by atomic mass is 9.92. The van der Waals surface area contributed by atoms with E-state index in [2.05, 4.69) is 4.28 Å². The van der Waals surface area contributed by atoms with Gasteiger partial charge in [0.15, 0.2) is 0 Å². The van der Waals surface area contributed by atoms with Gasteiger partial charge in [-0.05, 0) is 29.2 Å². The maximum atomic E-state index is 12.4. The standard InChI is InChI=1S/C16H7F3N2O3S/c17-16(18,19)25-24-21-14(22)11-5-1-4-10-9(3-2-8-20)6-7-12(13(10)11)15(21)23/h1-7H/b3-2+. The van der Waals surface area contributed by atoms with Gasteiger partial charge in [-0.25, -0.2) is 0 Å². The fourth-order valence-corrected chi connectivity index (χ4v) is 2.81. The SMILES string of the molecule is N#C/C=C/c1ccc2c3c(cccc13)C(=O)N(OSC(F)(F)F)C2=O. The number of allylic oxidation sites excluding steroid dienone is 1. The number of carbonyl (C=O) groups is 2. The van der Waals surface area contributed by atoms with Gasteiger partial charge in [-0.1, -0.05) is 18.2 Å². The highest BCUT2D eigenvalue weighted by molar-refractivity contribution is 7.95. The molecule has 0 saturated carbocycles. The zero-order valence-electron chi connectivity index (χ0n) is 12.2. The average molecular weight is 364 g/mol. The molecule has 0 radical (unpaired) electrons. The van der Waals surface area contributed by atoms with Crippen molar-refractivity contribution in [2.24, 2.45) is 0 Å². The van der Waals surface area contributed by atoms with E-state index in [1.807, 2.05) is 6.07 Å². The minimum atomic E-state index is -4.77. The summed E-state index contributed by atoms with van der Waals surface area (Å²) in [4.78, 5) is 24.8. The number of amides is 2. The van der Waals surface area contributed by atoms with Gasteiger partial charge in [-0.2, -0.15) is 22.7 Å². The lowest BCUT2D eigenvalue weighted by Gasteiger charge is -2.25. The molecule has 5 nitrogen and oxygen atoms in total. The lowest BCUT2D eigenvalue weighted by Crippen LogP contribution is -2.39. The van der Waals surface area contributed by atoms with Gasteiger partial charge in [-0.15, -0.1) is 5.06 Å². The summed E-state index contributed by atoms with van der Waals surface area (Å²) in [6.07, 6.45) is 2.76. The van der Waals surface area contributed by atoms with Gasteiger partial charge in [0.25, 0.3) is 11.8 Å². The van der Waals surface area contributed by atoms with Crippen LogP contribution in [0.5, 0.6) is 0 Å². The summed E-state index contributed by atoms with van der Waals surface area (Å²) >= 11 is -0.937. The number of hydroxylamine groups is 2. The van der Waals surface area contributed by atoms with Crippen molar-refractivity contribution in [1.29, 1.82) is 5.26 Å². The monoisotopic (exact) mass is 364 g/mol. The van der Waals surface area contributed by atoms with E-state index < -0.39 is 29.4 Å². The molecule has 2 aromatic rings. The van der Waals surface area contributed by atoms with Crippen LogP contribution < -0.4 is 0 Å². The summed E-state index contributed by atoms with van der Waals surface area (Å²) in [7, 11) is 0. The molecule has 1 heterocycles. The van der Waals surface area contributed by atoms with Gasteiger partial charge >= 0.3 is 5.51 Å². The molecule has 2 aromatic carbocycles. The Morgan fingerprint density at radius 2 is 1.80 bits per heavy atom. The van der Waals surface area contributed by atoms with Gasteiger partial charge in [0.1, 0.15) is 12.0 Å². The Balaban J connectivity index is 2.12. The molecule has 0 unspecified atom stereocenters. The number of alkyl halides is 3. The molecule has 0 spiro atoms. The molecule has 0 atom stereocenters. The fraction of sp³-hybridized carbons (Fsp3) is 0.0625. The van der Waals surface area contributed by atoms with Gasteiger partial charge in [-0.3, -0.25) is 9.59 Å². The first-order valence-corrected chi connectivity index (χ1v) is 7.51. The third-order valence-electron chi connectivity index (χ3n) is 3.45. The zero-order chi connectivity index (χ0) is 18.2. The Hall–Kier alpha value is -2.83. The van der Waals surface area contributed by atoms with Crippen molar-refractivity contribution in [2.75, 3.05) is 0 Å². The molecular weight excluding hydrogens is 357 g/mol. The Labute approximate surface area is 143 Å². The van der Waals surface area contributed by atoms with E-state index in [0.717, 1.165) is 0 Å². The topological polar surface area (TPSA) is 70.4 Å². The molecular formula is C16H7F3N2O3S. The van der Waals surface area contributed by atoms with E-state index in [1.165, 1.54) is 36.4 Å². The maximum Gasteiger partial charge on any atom is 0.470 e. The normalized spacial score (nSPS) is 14.4. The van der Waals surface area contributed by atoms with Gasteiger partial charge in [0.2, 0.25) is 0 Å². The van der Waals surface area contributed by atoms with E-state index in [1.54, 1.807) is 6.07 Å². The first-order chi connectivity index (χ1) is 11.8. The van der Waals surface area contributed by atoms with Crippen LogP contribution in [0.1, 0.15) is 26.3 Å². The third kappa shape index (κ3) is 3.09. The van der Waals surface area contributed by atoms with Gasteiger partial charge < -0.3 is 0 Å². The van der Waals surface area contributed by atoms with Crippen molar-refractivity contribution in [3.05, 3.63) is 53.1 Å². The highest BCUT2D eigenvalue weighted by Gasteiger charge is 2.39. The second-order valence-electron chi connectivity index (χ2n) is 4.90.